The predicted molar refractivity (Wildman–Crippen MR) is 92.9 cm³/mol. The number of alkyl halides is 3. The van der Waals surface area contributed by atoms with E-state index in [0.29, 0.717) is 11.5 Å². The number of benzene rings is 1. The van der Waals surface area contributed by atoms with Crippen LogP contribution in [0.1, 0.15) is 67.3 Å². The van der Waals surface area contributed by atoms with Gasteiger partial charge >= 0.3 is 6.18 Å². The summed E-state index contributed by atoms with van der Waals surface area (Å²) >= 11 is 0. The Balaban J connectivity index is 1.72. The molecule has 0 saturated heterocycles. The van der Waals surface area contributed by atoms with E-state index in [9.17, 15) is 23.1 Å². The maximum atomic E-state index is 13.0. The maximum absolute atomic E-state index is 13.0. The summed E-state index contributed by atoms with van der Waals surface area (Å²) in [5, 5.41) is 9.29. The molecule has 2 aliphatic carbocycles. The Kier molecular flexibility index (Phi) is 5.61. The molecule has 0 spiro atoms. The van der Waals surface area contributed by atoms with Gasteiger partial charge in [0.25, 0.3) is 5.91 Å². The van der Waals surface area contributed by atoms with Gasteiger partial charge in [0.2, 0.25) is 0 Å². The van der Waals surface area contributed by atoms with Gasteiger partial charge in [-0.2, -0.15) is 13.2 Å². The molecule has 2 fully saturated rings. The highest BCUT2D eigenvalue weighted by Gasteiger charge is 2.40. The summed E-state index contributed by atoms with van der Waals surface area (Å²) in [7, 11) is 0. The molecule has 2 aliphatic rings. The molecule has 26 heavy (non-hydrogen) atoms. The molecule has 1 unspecified atom stereocenters. The fraction of sp³-hybridized carbons (Fsp3) is 0.650. The van der Waals surface area contributed by atoms with Crippen LogP contribution in [-0.2, 0) is 0 Å². The summed E-state index contributed by atoms with van der Waals surface area (Å²) < 4.78 is 38.5. The summed E-state index contributed by atoms with van der Waals surface area (Å²) in [4.78, 5) is 15.0. The lowest BCUT2D eigenvalue weighted by Crippen LogP contribution is -2.44. The summed E-state index contributed by atoms with van der Waals surface area (Å²) in [6, 6.07) is 6.31. The molecule has 3 nitrogen and oxygen atoms in total. The molecule has 1 atom stereocenters. The van der Waals surface area contributed by atoms with Crippen molar-refractivity contribution in [3.8, 4) is 0 Å². The van der Waals surface area contributed by atoms with E-state index < -0.39 is 12.1 Å². The van der Waals surface area contributed by atoms with Gasteiger partial charge in [0.1, 0.15) is 0 Å². The molecule has 2 saturated carbocycles. The minimum Gasteiger partial charge on any atom is -0.396 e. The fourth-order valence-corrected chi connectivity index (χ4v) is 3.84. The van der Waals surface area contributed by atoms with Crippen molar-refractivity contribution < 1.29 is 23.1 Å². The first kappa shape index (κ1) is 19.2. The Morgan fingerprint density at radius 1 is 1.08 bits per heavy atom. The Morgan fingerprint density at radius 3 is 2.00 bits per heavy atom. The van der Waals surface area contributed by atoms with Crippen LogP contribution >= 0.6 is 0 Å². The zero-order chi connectivity index (χ0) is 18.9. The highest BCUT2D eigenvalue weighted by molar-refractivity contribution is 5.95. The van der Waals surface area contributed by atoms with Gasteiger partial charge < -0.3 is 10.0 Å². The highest BCUT2D eigenvalue weighted by Crippen LogP contribution is 2.37. The van der Waals surface area contributed by atoms with Crippen molar-refractivity contribution in [2.24, 2.45) is 5.92 Å². The molecule has 3 rings (SSSR count). The molecule has 1 aromatic carbocycles. The summed E-state index contributed by atoms with van der Waals surface area (Å²) in [6.45, 7) is 1.33. The normalized spacial score (nSPS) is 25.0. The van der Waals surface area contributed by atoms with Crippen molar-refractivity contribution in [1.82, 2.24) is 4.90 Å². The van der Waals surface area contributed by atoms with Crippen molar-refractivity contribution in [1.29, 1.82) is 0 Å². The molecule has 0 aliphatic heterocycles. The van der Waals surface area contributed by atoms with E-state index in [4.69, 9.17) is 0 Å². The lowest BCUT2D eigenvalue weighted by molar-refractivity contribution is -0.146. The topological polar surface area (TPSA) is 40.5 Å². The SMILES string of the molecule is CC(c1ccc(C(=O)N(C2CCC(CO)CC2)C2CC2)cc1)C(F)(F)F. The zero-order valence-electron chi connectivity index (χ0n) is 15.0. The quantitative estimate of drug-likeness (QED) is 0.830. The summed E-state index contributed by atoms with van der Waals surface area (Å²) in [5.74, 6) is -1.29. The molecule has 144 valence electrons. The number of amides is 1. The first-order chi connectivity index (χ1) is 12.3. The van der Waals surface area contributed by atoms with Gasteiger partial charge in [-0.3, -0.25) is 4.79 Å². The Hall–Kier alpha value is -1.56. The van der Waals surface area contributed by atoms with Gasteiger partial charge in [0.05, 0.1) is 5.92 Å². The van der Waals surface area contributed by atoms with E-state index in [0.717, 1.165) is 45.4 Å². The van der Waals surface area contributed by atoms with Gasteiger partial charge in [0, 0.05) is 24.3 Å². The molecule has 1 aromatic rings. The van der Waals surface area contributed by atoms with Crippen molar-refractivity contribution in [3.63, 3.8) is 0 Å². The van der Waals surface area contributed by atoms with E-state index in [1.165, 1.54) is 24.3 Å². The van der Waals surface area contributed by atoms with Crippen molar-refractivity contribution in [3.05, 3.63) is 35.4 Å². The Labute approximate surface area is 152 Å². The van der Waals surface area contributed by atoms with Crippen LogP contribution in [0.2, 0.25) is 0 Å². The van der Waals surface area contributed by atoms with Crippen LogP contribution < -0.4 is 0 Å². The minimum atomic E-state index is -4.28. The van der Waals surface area contributed by atoms with Gasteiger partial charge in [-0.15, -0.1) is 0 Å². The number of carbonyl (C=O) groups is 1. The van der Waals surface area contributed by atoms with Crippen molar-refractivity contribution in [2.45, 2.75) is 69.6 Å². The monoisotopic (exact) mass is 369 g/mol. The van der Waals surface area contributed by atoms with E-state index in [1.54, 1.807) is 0 Å². The van der Waals surface area contributed by atoms with Crippen LogP contribution in [0.5, 0.6) is 0 Å². The first-order valence-electron chi connectivity index (χ1n) is 9.41. The lowest BCUT2D eigenvalue weighted by Gasteiger charge is -2.37. The third kappa shape index (κ3) is 4.22. The average molecular weight is 369 g/mol. The molecule has 0 bridgehead atoms. The zero-order valence-corrected chi connectivity index (χ0v) is 15.0. The number of hydrogen-bond acceptors (Lipinski definition) is 2. The maximum Gasteiger partial charge on any atom is 0.395 e. The largest absolute Gasteiger partial charge is 0.396 e. The number of hydrogen-bond donors (Lipinski definition) is 1. The molecule has 0 aromatic heterocycles. The fourth-order valence-electron chi connectivity index (χ4n) is 3.84. The minimum absolute atomic E-state index is 0.0776. The highest BCUT2D eigenvalue weighted by atomic mass is 19.4. The van der Waals surface area contributed by atoms with E-state index in [1.807, 2.05) is 4.90 Å². The number of aliphatic hydroxyl groups excluding tert-OH is 1. The molecule has 0 radical (unpaired) electrons. The second kappa shape index (κ2) is 7.59. The van der Waals surface area contributed by atoms with E-state index in [-0.39, 0.29) is 30.2 Å². The third-order valence-electron chi connectivity index (χ3n) is 5.79. The number of aliphatic hydroxyl groups is 1. The van der Waals surface area contributed by atoms with Gasteiger partial charge in [-0.25, -0.2) is 0 Å². The van der Waals surface area contributed by atoms with Crippen LogP contribution in [0.15, 0.2) is 24.3 Å². The van der Waals surface area contributed by atoms with Gasteiger partial charge in [-0.1, -0.05) is 12.1 Å². The van der Waals surface area contributed by atoms with E-state index in [2.05, 4.69) is 0 Å². The first-order valence-corrected chi connectivity index (χ1v) is 9.41. The van der Waals surface area contributed by atoms with Crippen LogP contribution in [0.4, 0.5) is 13.2 Å². The predicted octanol–water partition coefficient (Wildman–Crippen LogP) is 4.51. The van der Waals surface area contributed by atoms with Crippen LogP contribution in [-0.4, -0.2) is 40.8 Å². The summed E-state index contributed by atoms with van der Waals surface area (Å²) in [6.07, 6.45) is 1.31. The second-order valence-corrected chi connectivity index (χ2v) is 7.69. The molecule has 0 heterocycles. The molecular weight excluding hydrogens is 343 g/mol. The van der Waals surface area contributed by atoms with Crippen LogP contribution in [0.3, 0.4) is 0 Å². The van der Waals surface area contributed by atoms with Crippen LogP contribution in [0.25, 0.3) is 0 Å². The molecular formula is C20H26F3NO2. The molecule has 6 heteroatoms. The Morgan fingerprint density at radius 2 is 1.58 bits per heavy atom. The Bertz CT molecular complexity index is 617. The second-order valence-electron chi connectivity index (χ2n) is 7.69. The smallest absolute Gasteiger partial charge is 0.395 e. The number of nitrogens with zero attached hydrogens (tertiary/aromatic N) is 1. The average Bonchev–Trinajstić information content (AvgIpc) is 3.46. The molecule has 1 amide bonds. The number of carbonyl (C=O) groups excluding carboxylic acids is 1. The van der Waals surface area contributed by atoms with Crippen LogP contribution in [0, 0.1) is 5.92 Å². The third-order valence-corrected chi connectivity index (χ3v) is 5.79. The van der Waals surface area contributed by atoms with E-state index >= 15 is 0 Å². The lowest BCUT2D eigenvalue weighted by atomic mass is 9.85. The molecule has 1 N–H and O–H groups in total. The standard InChI is InChI=1S/C20H26F3NO2/c1-13(20(21,22)23)15-4-6-16(7-5-15)19(26)24(18-10-11-18)17-8-2-14(12-25)3-9-17/h4-7,13-14,17-18,25H,2-3,8-12H2,1H3. The van der Waals surface area contributed by atoms with Gasteiger partial charge in [0.15, 0.2) is 0 Å². The number of rotatable bonds is 5. The van der Waals surface area contributed by atoms with Gasteiger partial charge in [-0.05, 0) is 69.1 Å². The van der Waals surface area contributed by atoms with Crippen molar-refractivity contribution >= 4 is 5.91 Å². The summed E-state index contributed by atoms with van der Waals surface area (Å²) in [5.41, 5.74) is 0.634. The number of halogens is 3. The van der Waals surface area contributed by atoms with Crippen molar-refractivity contribution in [2.75, 3.05) is 6.61 Å².